The number of hydrazine groups is 1. The Bertz CT molecular complexity index is 388. The van der Waals surface area contributed by atoms with Gasteiger partial charge in [0, 0.05) is 18.1 Å². The second-order valence-electron chi connectivity index (χ2n) is 3.13. The second-order valence-corrected chi connectivity index (χ2v) is 3.13. The van der Waals surface area contributed by atoms with Crippen molar-refractivity contribution in [2.24, 2.45) is 10.9 Å². The number of carboxylic acid groups (broad SMARTS) is 1. The van der Waals surface area contributed by atoms with Crippen LogP contribution in [0, 0.1) is 0 Å². The molecule has 6 nitrogen and oxygen atoms in total. The van der Waals surface area contributed by atoms with E-state index in [1.807, 2.05) is 24.3 Å². The topological polar surface area (TPSA) is 99.7 Å². The molecule has 1 unspecified atom stereocenters. The Labute approximate surface area is 93.1 Å². The molecular weight excluding hydrogens is 208 g/mol. The van der Waals surface area contributed by atoms with E-state index in [-0.39, 0.29) is 6.17 Å². The van der Waals surface area contributed by atoms with E-state index in [1.165, 1.54) is 0 Å². The number of hydrazone groups is 1. The Morgan fingerprint density at radius 3 is 2.81 bits per heavy atom. The molecule has 0 aromatic heterocycles. The number of benzene rings is 1. The van der Waals surface area contributed by atoms with E-state index in [4.69, 9.17) is 15.7 Å². The van der Waals surface area contributed by atoms with E-state index in [0.717, 1.165) is 18.1 Å². The third kappa shape index (κ3) is 3.34. The number of rotatable bonds is 1. The maximum Gasteiger partial charge on any atom is 0.300 e. The Balaban J connectivity index is 0.000000280. The number of carboxylic acids is 1. The number of hydrogen-bond donors (Lipinski definition) is 4. The lowest BCUT2D eigenvalue weighted by Crippen LogP contribution is -2.38. The number of hydrogen-bond acceptors (Lipinski definition) is 5. The average molecular weight is 222 g/mol. The van der Waals surface area contributed by atoms with E-state index in [2.05, 4.69) is 16.0 Å². The van der Waals surface area contributed by atoms with Gasteiger partial charge in [0.05, 0.1) is 6.21 Å². The highest BCUT2D eigenvalue weighted by atomic mass is 16.4. The summed E-state index contributed by atoms with van der Waals surface area (Å²) in [5.74, 6) is 4.50. The molecule has 1 aliphatic heterocycles. The number of aliphatic carboxylic acids is 1. The summed E-state index contributed by atoms with van der Waals surface area (Å²) in [5.41, 5.74) is 7.71. The average Bonchev–Trinajstić information content (AvgIpc) is 2.27. The SMILES string of the molecule is CC(=O)O.NNC1NN=Cc2ccccc21. The van der Waals surface area contributed by atoms with E-state index in [0.29, 0.717) is 0 Å². The highest BCUT2D eigenvalue weighted by Crippen LogP contribution is 2.16. The summed E-state index contributed by atoms with van der Waals surface area (Å²) in [6.07, 6.45) is 1.70. The molecule has 86 valence electrons. The summed E-state index contributed by atoms with van der Waals surface area (Å²) in [7, 11) is 0. The first-order valence-electron chi connectivity index (χ1n) is 4.68. The van der Waals surface area contributed by atoms with Crippen LogP contribution in [-0.2, 0) is 4.79 Å². The molecule has 1 aromatic carbocycles. The fourth-order valence-electron chi connectivity index (χ4n) is 1.27. The third-order valence-electron chi connectivity index (χ3n) is 1.88. The molecule has 1 heterocycles. The number of nitrogens with one attached hydrogen (secondary N) is 2. The smallest absolute Gasteiger partial charge is 0.300 e. The van der Waals surface area contributed by atoms with Gasteiger partial charge in [0.2, 0.25) is 0 Å². The number of nitrogens with zero attached hydrogens (tertiary/aromatic N) is 1. The molecule has 0 aliphatic carbocycles. The number of nitrogens with two attached hydrogens (primary N) is 1. The zero-order valence-electron chi connectivity index (χ0n) is 8.84. The van der Waals surface area contributed by atoms with Crippen LogP contribution in [0.3, 0.4) is 0 Å². The Morgan fingerprint density at radius 1 is 1.56 bits per heavy atom. The standard InChI is InChI=1S/C8H10N4.C2H4O2/c9-11-8-7-4-2-1-3-6(7)5-10-12-8;1-2(3)4/h1-5,8,11-12H,9H2;1H3,(H,3,4). The Kier molecular flexibility index (Phi) is 4.43. The third-order valence-corrected chi connectivity index (χ3v) is 1.88. The highest BCUT2D eigenvalue weighted by molar-refractivity contribution is 5.82. The van der Waals surface area contributed by atoms with Gasteiger partial charge >= 0.3 is 0 Å². The monoisotopic (exact) mass is 222 g/mol. The molecule has 1 aliphatic rings. The minimum absolute atomic E-state index is 0.0776. The van der Waals surface area contributed by atoms with Gasteiger partial charge in [-0.15, -0.1) is 0 Å². The van der Waals surface area contributed by atoms with Crippen LogP contribution >= 0.6 is 0 Å². The number of fused-ring (bicyclic) bond motifs is 1. The largest absolute Gasteiger partial charge is 0.481 e. The minimum atomic E-state index is -0.833. The normalized spacial score (nSPS) is 16.5. The Hall–Kier alpha value is -1.92. The first kappa shape index (κ1) is 12.2. The van der Waals surface area contributed by atoms with Gasteiger partial charge in [-0.3, -0.25) is 16.1 Å². The van der Waals surface area contributed by atoms with Crippen molar-refractivity contribution < 1.29 is 9.90 Å². The van der Waals surface area contributed by atoms with Crippen LogP contribution < -0.4 is 16.7 Å². The highest BCUT2D eigenvalue weighted by Gasteiger charge is 2.13. The van der Waals surface area contributed by atoms with E-state index in [1.54, 1.807) is 6.21 Å². The Morgan fingerprint density at radius 2 is 2.19 bits per heavy atom. The molecule has 2 rings (SSSR count). The molecule has 0 spiro atoms. The van der Waals surface area contributed by atoms with Crippen LogP contribution in [0.15, 0.2) is 29.4 Å². The summed E-state index contributed by atoms with van der Waals surface area (Å²) >= 11 is 0. The summed E-state index contributed by atoms with van der Waals surface area (Å²) in [6.45, 7) is 1.08. The van der Waals surface area contributed by atoms with Crippen molar-refractivity contribution in [2.75, 3.05) is 0 Å². The predicted octanol–water partition coefficient (Wildman–Crippen LogP) is 0.177. The molecule has 0 radical (unpaired) electrons. The van der Waals surface area contributed by atoms with E-state index in [9.17, 15) is 0 Å². The van der Waals surface area contributed by atoms with Gasteiger partial charge in [-0.05, 0) is 0 Å². The summed E-state index contributed by atoms with van der Waals surface area (Å²) in [6, 6.07) is 7.97. The van der Waals surface area contributed by atoms with Crippen molar-refractivity contribution in [2.45, 2.75) is 13.1 Å². The zero-order chi connectivity index (χ0) is 12.0. The molecule has 1 aromatic rings. The first-order valence-corrected chi connectivity index (χ1v) is 4.68. The summed E-state index contributed by atoms with van der Waals surface area (Å²) < 4.78 is 0. The van der Waals surface area contributed by atoms with E-state index >= 15 is 0 Å². The molecule has 0 fully saturated rings. The van der Waals surface area contributed by atoms with Crippen LogP contribution in [0.5, 0.6) is 0 Å². The van der Waals surface area contributed by atoms with Gasteiger partial charge in [-0.2, -0.15) is 5.10 Å². The van der Waals surface area contributed by atoms with Gasteiger partial charge < -0.3 is 5.11 Å². The van der Waals surface area contributed by atoms with Crippen molar-refractivity contribution in [1.29, 1.82) is 0 Å². The van der Waals surface area contributed by atoms with Crippen molar-refractivity contribution in [3.05, 3.63) is 35.4 Å². The van der Waals surface area contributed by atoms with Gasteiger partial charge in [0.25, 0.3) is 5.97 Å². The van der Waals surface area contributed by atoms with Crippen molar-refractivity contribution >= 4 is 12.2 Å². The molecule has 1 atom stereocenters. The molecular formula is C10H14N4O2. The van der Waals surface area contributed by atoms with Crippen LogP contribution in [-0.4, -0.2) is 17.3 Å². The molecule has 16 heavy (non-hydrogen) atoms. The lowest BCUT2D eigenvalue weighted by molar-refractivity contribution is -0.134. The number of carbonyl (C=O) groups is 1. The van der Waals surface area contributed by atoms with Crippen LogP contribution in [0.1, 0.15) is 24.2 Å². The maximum atomic E-state index is 9.00. The zero-order valence-corrected chi connectivity index (χ0v) is 8.84. The fraction of sp³-hybridized carbons (Fsp3) is 0.200. The molecule has 0 saturated heterocycles. The molecule has 5 N–H and O–H groups in total. The van der Waals surface area contributed by atoms with E-state index < -0.39 is 5.97 Å². The van der Waals surface area contributed by atoms with Gasteiger partial charge in [0.15, 0.2) is 0 Å². The maximum absolute atomic E-state index is 9.00. The molecule has 6 heteroatoms. The quantitative estimate of drug-likeness (QED) is 0.401. The molecule has 0 amide bonds. The predicted molar refractivity (Wildman–Crippen MR) is 60.5 cm³/mol. The fourth-order valence-corrected chi connectivity index (χ4v) is 1.27. The minimum Gasteiger partial charge on any atom is -0.481 e. The van der Waals surface area contributed by atoms with Crippen LogP contribution in [0.2, 0.25) is 0 Å². The summed E-state index contributed by atoms with van der Waals surface area (Å²) in [4.78, 5) is 9.00. The first-order chi connectivity index (χ1) is 7.65. The van der Waals surface area contributed by atoms with Gasteiger partial charge in [-0.1, -0.05) is 24.3 Å². The molecule has 0 saturated carbocycles. The lowest BCUT2D eigenvalue weighted by atomic mass is 10.1. The van der Waals surface area contributed by atoms with Gasteiger partial charge in [0.1, 0.15) is 6.17 Å². The van der Waals surface area contributed by atoms with Crippen molar-refractivity contribution in [3.8, 4) is 0 Å². The van der Waals surface area contributed by atoms with Crippen LogP contribution in [0.4, 0.5) is 0 Å². The van der Waals surface area contributed by atoms with Crippen LogP contribution in [0.25, 0.3) is 0 Å². The lowest BCUT2D eigenvalue weighted by Gasteiger charge is -2.21. The van der Waals surface area contributed by atoms with Crippen molar-refractivity contribution in [3.63, 3.8) is 0 Å². The second kappa shape index (κ2) is 5.84. The molecule has 0 bridgehead atoms. The van der Waals surface area contributed by atoms with Crippen molar-refractivity contribution in [1.82, 2.24) is 10.9 Å². The summed E-state index contributed by atoms with van der Waals surface area (Å²) in [5, 5.41) is 11.4. The van der Waals surface area contributed by atoms with Gasteiger partial charge in [-0.25, -0.2) is 5.43 Å².